The summed E-state index contributed by atoms with van der Waals surface area (Å²) in [7, 11) is 0. The zero-order chi connectivity index (χ0) is 34.6. The van der Waals surface area contributed by atoms with Gasteiger partial charge in [0, 0.05) is 57.3 Å². The Morgan fingerprint density at radius 3 is 1.98 bits per heavy atom. The van der Waals surface area contributed by atoms with Crippen LogP contribution in [0.3, 0.4) is 0 Å². The molecule has 2 aromatic rings. The average Bonchev–Trinajstić information content (AvgIpc) is 3.53. The summed E-state index contributed by atoms with van der Waals surface area (Å²) >= 11 is 0. The number of carbonyl (C=O) groups is 4. The molecule has 0 aliphatic carbocycles. The van der Waals surface area contributed by atoms with Gasteiger partial charge in [-0.3, -0.25) is 9.59 Å². The number of carboxylic acid groups (broad SMARTS) is 2. The molecule has 0 spiro atoms. The number of likely N-dealkylation sites (tertiary alicyclic amines) is 1. The summed E-state index contributed by atoms with van der Waals surface area (Å²) in [6, 6.07) is 14.3. The van der Waals surface area contributed by atoms with E-state index in [4.69, 9.17) is 29.9 Å². The molecular formula is C34H44FN3O10. The molecule has 3 aliphatic heterocycles. The van der Waals surface area contributed by atoms with E-state index in [-0.39, 0.29) is 30.0 Å². The van der Waals surface area contributed by atoms with Gasteiger partial charge in [-0.25, -0.2) is 14.0 Å². The van der Waals surface area contributed by atoms with Crippen LogP contribution in [-0.4, -0.2) is 118 Å². The lowest BCUT2D eigenvalue weighted by Crippen LogP contribution is -2.48. The lowest BCUT2D eigenvalue weighted by molar-refractivity contribution is -0.183. The summed E-state index contributed by atoms with van der Waals surface area (Å²) < 4.78 is 24.9. The van der Waals surface area contributed by atoms with Gasteiger partial charge in [0.1, 0.15) is 5.82 Å². The molecule has 0 bridgehead atoms. The summed E-state index contributed by atoms with van der Waals surface area (Å²) in [5.74, 6) is -3.58. The fourth-order valence-electron chi connectivity index (χ4n) is 5.91. The number of carboxylic acids is 2. The molecule has 3 heterocycles. The standard InChI is InChI=1S/C30H38FN3O4.C4H6O6/c31-25-8-4-24(5-9-25)22-34(27-12-16-32(17-13-27)18-14-30-37-19-2-20-38-30)29(36)21-23-6-10-26(11-7-23)33-15-1-3-28(33)35;5-1(3(7)8)2(6)4(9)10/h4-11,27,30H,1-3,12-22H2;1-2,5-6H,(H,7,8)(H,9,10). The highest BCUT2D eigenvalue weighted by Gasteiger charge is 2.30. The number of anilines is 1. The first kappa shape index (κ1) is 36.9. The van der Waals surface area contributed by atoms with Crippen LogP contribution in [0.1, 0.15) is 49.7 Å². The number of halogens is 1. The zero-order valence-electron chi connectivity index (χ0n) is 26.8. The number of amides is 2. The zero-order valence-corrected chi connectivity index (χ0v) is 26.8. The minimum Gasteiger partial charge on any atom is -0.479 e. The molecule has 0 aromatic heterocycles. The number of aliphatic hydroxyl groups excluding tert-OH is 2. The van der Waals surface area contributed by atoms with Crippen molar-refractivity contribution in [3.63, 3.8) is 0 Å². The molecule has 3 fully saturated rings. The third-order valence-electron chi connectivity index (χ3n) is 8.64. The molecule has 13 nitrogen and oxygen atoms in total. The van der Waals surface area contributed by atoms with E-state index in [9.17, 15) is 23.6 Å². The van der Waals surface area contributed by atoms with Gasteiger partial charge in [0.25, 0.3) is 0 Å². The average molecular weight is 674 g/mol. The van der Waals surface area contributed by atoms with Crippen molar-refractivity contribution in [2.45, 2.75) is 76.0 Å². The van der Waals surface area contributed by atoms with Gasteiger partial charge in [0.15, 0.2) is 18.5 Å². The van der Waals surface area contributed by atoms with E-state index in [1.54, 1.807) is 12.1 Å². The van der Waals surface area contributed by atoms with E-state index in [1.807, 2.05) is 34.1 Å². The van der Waals surface area contributed by atoms with Crippen LogP contribution in [0.15, 0.2) is 48.5 Å². The van der Waals surface area contributed by atoms with Gasteiger partial charge in [-0.05, 0) is 61.1 Å². The number of hydrogen-bond acceptors (Lipinski definition) is 9. The molecule has 2 unspecified atom stereocenters. The van der Waals surface area contributed by atoms with Gasteiger partial charge in [0.2, 0.25) is 11.8 Å². The summed E-state index contributed by atoms with van der Waals surface area (Å²) in [4.78, 5) is 51.5. The maximum atomic E-state index is 13.6. The van der Waals surface area contributed by atoms with Crippen molar-refractivity contribution >= 4 is 29.4 Å². The molecule has 262 valence electrons. The first-order valence-corrected chi connectivity index (χ1v) is 16.2. The predicted molar refractivity (Wildman–Crippen MR) is 170 cm³/mol. The van der Waals surface area contributed by atoms with Gasteiger partial charge in [-0.2, -0.15) is 0 Å². The predicted octanol–water partition coefficient (Wildman–Crippen LogP) is 2.02. The van der Waals surface area contributed by atoms with Crippen LogP contribution in [0.2, 0.25) is 0 Å². The van der Waals surface area contributed by atoms with E-state index in [1.165, 1.54) is 12.1 Å². The van der Waals surface area contributed by atoms with Crippen molar-refractivity contribution in [2.24, 2.45) is 0 Å². The molecule has 2 amide bonds. The van der Waals surface area contributed by atoms with Crippen LogP contribution < -0.4 is 4.90 Å². The Bertz CT molecular complexity index is 1340. The molecule has 0 radical (unpaired) electrons. The van der Waals surface area contributed by atoms with Gasteiger partial charge in [-0.1, -0.05) is 24.3 Å². The normalized spacial score (nSPS) is 18.9. The Balaban J connectivity index is 0.000000453. The second-order valence-electron chi connectivity index (χ2n) is 12.1. The number of rotatable bonds is 12. The van der Waals surface area contributed by atoms with Crippen LogP contribution in [-0.2, 0) is 41.6 Å². The number of hydrogen-bond donors (Lipinski definition) is 4. The summed E-state index contributed by atoms with van der Waals surface area (Å²) in [6.07, 6.45) is 0.765. The molecule has 4 N–H and O–H groups in total. The molecular weight excluding hydrogens is 629 g/mol. The van der Waals surface area contributed by atoms with E-state index >= 15 is 0 Å². The Morgan fingerprint density at radius 1 is 0.854 bits per heavy atom. The summed E-state index contributed by atoms with van der Waals surface area (Å²) in [5, 5.41) is 32.5. The van der Waals surface area contributed by atoms with Crippen LogP contribution in [0.5, 0.6) is 0 Å². The maximum Gasteiger partial charge on any atom is 0.335 e. The van der Waals surface area contributed by atoms with Gasteiger partial charge >= 0.3 is 11.9 Å². The van der Waals surface area contributed by atoms with E-state index < -0.39 is 24.1 Å². The van der Waals surface area contributed by atoms with Gasteiger partial charge < -0.3 is 44.6 Å². The number of nitrogens with zero attached hydrogens (tertiary/aromatic N) is 3. The summed E-state index contributed by atoms with van der Waals surface area (Å²) in [6.45, 7) is 5.52. The smallest absolute Gasteiger partial charge is 0.335 e. The second kappa shape index (κ2) is 18.0. The number of aliphatic carboxylic acids is 2. The lowest BCUT2D eigenvalue weighted by atomic mass is 10.0. The van der Waals surface area contributed by atoms with Crippen LogP contribution in [0.25, 0.3) is 0 Å². The van der Waals surface area contributed by atoms with Gasteiger partial charge in [0.05, 0.1) is 19.6 Å². The van der Waals surface area contributed by atoms with Gasteiger partial charge in [-0.15, -0.1) is 0 Å². The highest BCUT2D eigenvalue weighted by Crippen LogP contribution is 2.24. The Kier molecular flexibility index (Phi) is 13.8. The Morgan fingerprint density at radius 2 is 1.44 bits per heavy atom. The molecule has 5 rings (SSSR count). The van der Waals surface area contributed by atoms with E-state index in [0.717, 1.165) is 88.3 Å². The van der Waals surface area contributed by atoms with E-state index in [2.05, 4.69) is 4.90 Å². The molecule has 2 atom stereocenters. The third kappa shape index (κ3) is 10.8. The fourth-order valence-corrected chi connectivity index (χ4v) is 5.91. The molecule has 2 aromatic carbocycles. The molecule has 3 aliphatic rings. The largest absolute Gasteiger partial charge is 0.479 e. The topological polar surface area (TPSA) is 177 Å². The van der Waals surface area contributed by atoms with Crippen molar-refractivity contribution in [1.82, 2.24) is 9.80 Å². The Hall–Kier alpha value is -3.95. The monoisotopic (exact) mass is 673 g/mol. The van der Waals surface area contributed by atoms with Crippen LogP contribution >= 0.6 is 0 Å². The SMILES string of the molecule is O=C(O)C(O)C(O)C(=O)O.O=C1CCCN1c1ccc(CC(=O)N(Cc2ccc(F)cc2)C2CCN(CCC3OCCCO3)CC2)cc1. The number of ether oxygens (including phenoxy) is 2. The first-order valence-electron chi connectivity index (χ1n) is 16.2. The third-order valence-corrected chi connectivity index (χ3v) is 8.64. The molecule has 48 heavy (non-hydrogen) atoms. The van der Waals surface area contributed by atoms with Crippen molar-refractivity contribution < 1.29 is 53.5 Å². The van der Waals surface area contributed by atoms with Crippen molar-refractivity contribution in [3.8, 4) is 0 Å². The number of benzene rings is 2. The second-order valence-corrected chi connectivity index (χ2v) is 12.1. The van der Waals surface area contributed by atoms with E-state index in [0.29, 0.717) is 19.4 Å². The molecule has 3 saturated heterocycles. The summed E-state index contributed by atoms with van der Waals surface area (Å²) in [5.41, 5.74) is 2.75. The highest BCUT2D eigenvalue weighted by atomic mass is 19.1. The molecule has 14 heteroatoms. The van der Waals surface area contributed by atoms with Crippen molar-refractivity contribution in [1.29, 1.82) is 0 Å². The minimum absolute atomic E-state index is 0.0711. The Labute approximate surface area is 278 Å². The van der Waals surface area contributed by atoms with Crippen LogP contribution in [0.4, 0.5) is 10.1 Å². The van der Waals surface area contributed by atoms with Crippen LogP contribution in [0, 0.1) is 5.82 Å². The highest BCUT2D eigenvalue weighted by molar-refractivity contribution is 5.95. The quantitative estimate of drug-likeness (QED) is 0.259. The number of aliphatic hydroxyl groups is 2. The first-order chi connectivity index (χ1) is 23.0. The van der Waals surface area contributed by atoms with Crippen molar-refractivity contribution in [3.05, 3.63) is 65.5 Å². The number of carbonyl (C=O) groups excluding carboxylic acids is 2. The fraction of sp³-hybridized carbons (Fsp3) is 0.529. The minimum atomic E-state index is -2.27. The lowest BCUT2D eigenvalue weighted by Gasteiger charge is -2.39. The number of piperidine rings is 1. The maximum absolute atomic E-state index is 13.6. The molecule has 0 saturated carbocycles. The van der Waals surface area contributed by atoms with Crippen molar-refractivity contribution in [2.75, 3.05) is 44.3 Å².